The smallest absolute Gasteiger partial charge is 0.244 e. The maximum atomic E-state index is 6.06. The highest BCUT2D eigenvalue weighted by molar-refractivity contribution is 5.65. The van der Waals surface area contributed by atoms with E-state index >= 15 is 0 Å². The second-order valence-corrected chi connectivity index (χ2v) is 7.88. The van der Waals surface area contributed by atoms with Crippen LogP contribution in [0, 0.1) is 5.92 Å². The summed E-state index contributed by atoms with van der Waals surface area (Å²) in [5, 5.41) is 15.0. The van der Waals surface area contributed by atoms with Crippen LogP contribution in [0.25, 0.3) is 16.9 Å². The van der Waals surface area contributed by atoms with Crippen LogP contribution in [0.15, 0.2) is 18.6 Å². The lowest BCUT2D eigenvalue weighted by molar-refractivity contribution is 0.176. The highest BCUT2D eigenvalue weighted by Gasteiger charge is 2.27. The molecule has 3 aromatic heterocycles. The van der Waals surface area contributed by atoms with Crippen molar-refractivity contribution in [3.63, 3.8) is 0 Å². The number of ether oxygens (including phenoxy) is 1. The fraction of sp³-hybridized carbons (Fsp3) is 0.579. The second kappa shape index (κ2) is 8.34. The van der Waals surface area contributed by atoms with Gasteiger partial charge in [0.2, 0.25) is 11.8 Å². The van der Waals surface area contributed by atoms with Crippen molar-refractivity contribution in [2.24, 2.45) is 11.7 Å². The van der Waals surface area contributed by atoms with Gasteiger partial charge in [0.1, 0.15) is 5.69 Å². The summed E-state index contributed by atoms with van der Waals surface area (Å²) in [5.41, 5.74) is 7.86. The quantitative estimate of drug-likeness (QED) is 0.545. The average Bonchev–Trinajstić information content (AvgIpc) is 3.34. The molecule has 1 aliphatic heterocycles. The van der Waals surface area contributed by atoms with Crippen LogP contribution < -0.4 is 15.8 Å². The Labute approximate surface area is 169 Å². The topological polar surface area (TPSA) is 122 Å². The molecule has 0 unspecified atom stereocenters. The van der Waals surface area contributed by atoms with Crippen molar-refractivity contribution < 1.29 is 4.74 Å². The van der Waals surface area contributed by atoms with E-state index in [4.69, 9.17) is 10.5 Å². The first-order chi connectivity index (χ1) is 14.0. The summed E-state index contributed by atoms with van der Waals surface area (Å²) >= 11 is 0. The fourth-order valence-electron chi connectivity index (χ4n) is 3.80. The largest absolute Gasteiger partial charge is 0.473 e. The number of nitrogens with zero attached hydrogens (tertiary/aromatic N) is 6. The first-order valence-electron chi connectivity index (χ1n) is 10.2. The molecule has 1 aliphatic rings. The van der Waals surface area contributed by atoms with Gasteiger partial charge < -0.3 is 20.7 Å². The minimum atomic E-state index is -0.0273. The maximum absolute atomic E-state index is 6.06. The lowest BCUT2D eigenvalue weighted by Crippen LogP contribution is -2.46. The van der Waals surface area contributed by atoms with Gasteiger partial charge in [-0.3, -0.25) is 5.10 Å². The zero-order valence-electron chi connectivity index (χ0n) is 17.2. The Bertz CT molecular complexity index is 937. The number of nitrogens with one attached hydrogen (secondary N) is 2. The van der Waals surface area contributed by atoms with E-state index in [0.29, 0.717) is 41.7 Å². The van der Waals surface area contributed by atoms with E-state index in [1.54, 1.807) is 23.1 Å². The van der Waals surface area contributed by atoms with E-state index in [1.807, 2.05) is 13.8 Å². The van der Waals surface area contributed by atoms with E-state index in [-0.39, 0.29) is 6.10 Å². The molecule has 0 bridgehead atoms. The SMILES string of the molecule is CC(C)Oc1c(-c2cn[nH]c2)ncc2nc(N[C@H]3CCN(CCN)C[C@H]3C)nn12. The molecule has 0 aromatic carbocycles. The van der Waals surface area contributed by atoms with Gasteiger partial charge in [-0.1, -0.05) is 6.92 Å². The molecule has 2 atom stereocenters. The Hall–Kier alpha value is -2.72. The van der Waals surface area contributed by atoms with Gasteiger partial charge in [0.15, 0.2) is 5.65 Å². The van der Waals surface area contributed by atoms with Crippen LogP contribution in [0.2, 0.25) is 0 Å². The van der Waals surface area contributed by atoms with Gasteiger partial charge in [-0.2, -0.15) is 14.6 Å². The number of hydrogen-bond donors (Lipinski definition) is 3. The molecule has 4 heterocycles. The van der Waals surface area contributed by atoms with E-state index in [9.17, 15) is 0 Å². The Balaban J connectivity index is 1.61. The Morgan fingerprint density at radius 1 is 1.38 bits per heavy atom. The van der Waals surface area contributed by atoms with Crippen molar-refractivity contribution in [3.8, 4) is 17.1 Å². The fourth-order valence-corrected chi connectivity index (χ4v) is 3.80. The molecular weight excluding hydrogens is 370 g/mol. The number of likely N-dealkylation sites (tertiary alicyclic amines) is 1. The summed E-state index contributed by atoms with van der Waals surface area (Å²) < 4.78 is 7.77. The Morgan fingerprint density at radius 2 is 2.24 bits per heavy atom. The van der Waals surface area contributed by atoms with Crippen LogP contribution in [0.4, 0.5) is 5.95 Å². The van der Waals surface area contributed by atoms with E-state index in [0.717, 1.165) is 31.6 Å². The van der Waals surface area contributed by atoms with Crippen molar-refractivity contribution in [2.75, 3.05) is 31.5 Å². The molecule has 1 saturated heterocycles. The molecule has 156 valence electrons. The van der Waals surface area contributed by atoms with Crippen molar-refractivity contribution in [2.45, 2.75) is 39.3 Å². The number of fused-ring (bicyclic) bond motifs is 1. The molecule has 4 rings (SSSR count). The monoisotopic (exact) mass is 399 g/mol. The molecule has 10 heteroatoms. The van der Waals surface area contributed by atoms with Gasteiger partial charge in [0.25, 0.3) is 0 Å². The first-order valence-corrected chi connectivity index (χ1v) is 10.2. The molecule has 0 saturated carbocycles. The van der Waals surface area contributed by atoms with Crippen LogP contribution in [0.3, 0.4) is 0 Å². The molecular formula is C19H29N9O. The van der Waals surface area contributed by atoms with Gasteiger partial charge in [0.05, 0.1) is 18.5 Å². The minimum absolute atomic E-state index is 0.0273. The third-order valence-corrected chi connectivity index (χ3v) is 5.20. The molecule has 1 fully saturated rings. The molecule has 0 radical (unpaired) electrons. The van der Waals surface area contributed by atoms with Gasteiger partial charge >= 0.3 is 0 Å². The van der Waals surface area contributed by atoms with Gasteiger partial charge in [-0.05, 0) is 26.2 Å². The molecule has 0 amide bonds. The van der Waals surface area contributed by atoms with Gasteiger partial charge in [-0.25, -0.2) is 4.98 Å². The van der Waals surface area contributed by atoms with Gasteiger partial charge in [-0.15, -0.1) is 5.10 Å². The highest BCUT2D eigenvalue weighted by atomic mass is 16.5. The summed E-state index contributed by atoms with van der Waals surface area (Å²) in [6, 6.07) is 0.317. The lowest BCUT2D eigenvalue weighted by atomic mass is 9.94. The zero-order chi connectivity index (χ0) is 20.4. The minimum Gasteiger partial charge on any atom is -0.473 e. The standard InChI is InChI=1S/C19H29N9O/c1-12(2)29-18-17(14-8-22-23-9-14)21-10-16-25-19(26-28(16)18)24-15-4-6-27(7-5-20)11-13(15)3/h8-10,12-13,15H,4-7,11,20H2,1-3H3,(H,22,23)(H,24,26)/t13-,15+/m1/s1. The van der Waals surface area contributed by atoms with Crippen LogP contribution in [0.1, 0.15) is 27.2 Å². The van der Waals surface area contributed by atoms with E-state index in [1.165, 1.54) is 0 Å². The number of rotatable bonds is 7. The predicted molar refractivity (Wildman–Crippen MR) is 111 cm³/mol. The number of anilines is 1. The molecule has 29 heavy (non-hydrogen) atoms. The van der Waals surface area contributed by atoms with Crippen molar-refractivity contribution in [1.29, 1.82) is 0 Å². The number of aromatic amines is 1. The number of hydrogen-bond acceptors (Lipinski definition) is 8. The third kappa shape index (κ3) is 4.18. The number of aromatic nitrogens is 6. The Kier molecular flexibility index (Phi) is 5.63. The maximum Gasteiger partial charge on any atom is 0.244 e. The van der Waals surface area contributed by atoms with Crippen LogP contribution >= 0.6 is 0 Å². The third-order valence-electron chi connectivity index (χ3n) is 5.20. The van der Waals surface area contributed by atoms with Crippen LogP contribution in [-0.4, -0.2) is 73.0 Å². The normalized spacial score (nSPS) is 20.4. The van der Waals surface area contributed by atoms with E-state index < -0.39 is 0 Å². The van der Waals surface area contributed by atoms with Crippen LogP contribution in [0.5, 0.6) is 5.88 Å². The average molecular weight is 400 g/mol. The van der Waals surface area contributed by atoms with Crippen molar-refractivity contribution >= 4 is 11.6 Å². The molecule has 10 nitrogen and oxygen atoms in total. The number of piperidine rings is 1. The highest BCUT2D eigenvalue weighted by Crippen LogP contribution is 2.29. The summed E-state index contributed by atoms with van der Waals surface area (Å²) in [7, 11) is 0. The first kappa shape index (κ1) is 19.6. The second-order valence-electron chi connectivity index (χ2n) is 7.88. The summed E-state index contributed by atoms with van der Waals surface area (Å²) in [6.07, 6.45) is 6.22. The Morgan fingerprint density at radius 3 is 2.93 bits per heavy atom. The summed E-state index contributed by atoms with van der Waals surface area (Å²) in [4.78, 5) is 11.6. The molecule has 3 aromatic rings. The molecule has 0 aliphatic carbocycles. The summed E-state index contributed by atoms with van der Waals surface area (Å²) in [5.74, 6) is 1.63. The summed E-state index contributed by atoms with van der Waals surface area (Å²) in [6.45, 7) is 9.90. The van der Waals surface area contributed by atoms with Crippen LogP contribution in [-0.2, 0) is 0 Å². The number of H-pyrrole nitrogens is 1. The van der Waals surface area contributed by atoms with Crippen molar-refractivity contribution in [3.05, 3.63) is 18.6 Å². The lowest BCUT2D eigenvalue weighted by Gasteiger charge is -2.36. The number of nitrogens with two attached hydrogens (primary N) is 1. The van der Waals surface area contributed by atoms with Crippen molar-refractivity contribution in [1.82, 2.24) is 34.7 Å². The molecule has 4 N–H and O–H groups in total. The molecule has 0 spiro atoms. The van der Waals surface area contributed by atoms with Gasteiger partial charge in [0, 0.05) is 44.0 Å². The zero-order valence-corrected chi connectivity index (χ0v) is 17.2. The van der Waals surface area contributed by atoms with E-state index in [2.05, 4.69) is 42.4 Å². The predicted octanol–water partition coefficient (Wildman–Crippen LogP) is 1.38.